The molecule has 18 heavy (non-hydrogen) atoms. The van der Waals surface area contributed by atoms with E-state index in [1.165, 1.54) is 0 Å². The van der Waals surface area contributed by atoms with E-state index in [4.69, 9.17) is 5.73 Å². The van der Waals surface area contributed by atoms with Crippen LogP contribution < -0.4 is 11.1 Å². The van der Waals surface area contributed by atoms with Crippen molar-refractivity contribution < 1.29 is 5.11 Å². The van der Waals surface area contributed by atoms with Crippen LogP contribution in [0.1, 0.15) is 19.8 Å². The third-order valence-electron chi connectivity index (χ3n) is 2.92. The average molecular weight is 245 g/mol. The Morgan fingerprint density at radius 3 is 3.00 bits per heavy atom. The SMILES string of the molecule is CC(O)CCCNc1ccc(N)c2cccnc12. The predicted octanol–water partition coefficient (Wildman–Crippen LogP) is 2.39. The summed E-state index contributed by atoms with van der Waals surface area (Å²) in [4.78, 5) is 4.36. The zero-order valence-corrected chi connectivity index (χ0v) is 10.6. The number of anilines is 2. The third-order valence-corrected chi connectivity index (χ3v) is 2.92. The summed E-state index contributed by atoms with van der Waals surface area (Å²) >= 11 is 0. The van der Waals surface area contributed by atoms with Crippen molar-refractivity contribution in [2.75, 3.05) is 17.6 Å². The van der Waals surface area contributed by atoms with Crippen LogP contribution in [-0.4, -0.2) is 22.7 Å². The van der Waals surface area contributed by atoms with E-state index in [1.807, 2.05) is 24.3 Å². The molecule has 0 fully saturated rings. The van der Waals surface area contributed by atoms with Crippen molar-refractivity contribution in [2.45, 2.75) is 25.9 Å². The molecule has 0 saturated heterocycles. The fourth-order valence-corrected chi connectivity index (χ4v) is 1.96. The standard InChI is InChI=1S/C14H19N3O/c1-10(18)4-2-8-16-13-7-6-12(15)11-5-3-9-17-14(11)13/h3,5-7,9-10,16,18H,2,4,8,15H2,1H3. The number of benzene rings is 1. The molecule has 0 bridgehead atoms. The molecular formula is C14H19N3O. The first-order valence-electron chi connectivity index (χ1n) is 6.23. The molecule has 1 atom stereocenters. The van der Waals surface area contributed by atoms with Gasteiger partial charge < -0.3 is 16.2 Å². The molecule has 2 rings (SSSR count). The highest BCUT2D eigenvalue weighted by atomic mass is 16.3. The molecule has 0 aliphatic carbocycles. The van der Waals surface area contributed by atoms with Gasteiger partial charge >= 0.3 is 0 Å². The smallest absolute Gasteiger partial charge is 0.0953 e. The topological polar surface area (TPSA) is 71.2 Å². The summed E-state index contributed by atoms with van der Waals surface area (Å²) in [6, 6.07) is 7.70. The average Bonchev–Trinajstić information content (AvgIpc) is 2.37. The van der Waals surface area contributed by atoms with Crippen molar-refractivity contribution in [3.8, 4) is 0 Å². The summed E-state index contributed by atoms with van der Waals surface area (Å²) in [5.74, 6) is 0. The van der Waals surface area contributed by atoms with Crippen LogP contribution in [-0.2, 0) is 0 Å². The minimum absolute atomic E-state index is 0.243. The number of nitrogens with two attached hydrogens (primary N) is 1. The molecule has 0 amide bonds. The van der Waals surface area contributed by atoms with Crippen molar-refractivity contribution in [3.05, 3.63) is 30.5 Å². The number of hydrogen-bond acceptors (Lipinski definition) is 4. The van der Waals surface area contributed by atoms with E-state index in [0.717, 1.165) is 41.7 Å². The van der Waals surface area contributed by atoms with Crippen LogP contribution >= 0.6 is 0 Å². The maximum Gasteiger partial charge on any atom is 0.0953 e. The Morgan fingerprint density at radius 1 is 1.39 bits per heavy atom. The van der Waals surface area contributed by atoms with E-state index in [0.29, 0.717) is 0 Å². The van der Waals surface area contributed by atoms with Gasteiger partial charge in [0, 0.05) is 23.8 Å². The van der Waals surface area contributed by atoms with Gasteiger partial charge in [-0.2, -0.15) is 0 Å². The molecule has 2 aromatic rings. The van der Waals surface area contributed by atoms with Crippen LogP contribution in [0.15, 0.2) is 30.5 Å². The molecule has 1 aromatic carbocycles. The predicted molar refractivity (Wildman–Crippen MR) is 75.6 cm³/mol. The highest BCUT2D eigenvalue weighted by molar-refractivity contribution is 5.98. The lowest BCUT2D eigenvalue weighted by atomic mass is 10.1. The molecule has 0 radical (unpaired) electrons. The van der Waals surface area contributed by atoms with Gasteiger partial charge in [0.1, 0.15) is 0 Å². The number of aromatic nitrogens is 1. The first kappa shape index (κ1) is 12.6. The van der Waals surface area contributed by atoms with Gasteiger partial charge in [0.15, 0.2) is 0 Å². The minimum atomic E-state index is -0.243. The van der Waals surface area contributed by atoms with E-state index in [2.05, 4.69) is 10.3 Å². The number of nitrogens with one attached hydrogen (secondary N) is 1. The van der Waals surface area contributed by atoms with Gasteiger partial charge in [-0.25, -0.2) is 0 Å². The van der Waals surface area contributed by atoms with Crippen molar-refractivity contribution in [1.82, 2.24) is 4.98 Å². The molecular weight excluding hydrogens is 226 g/mol. The summed E-state index contributed by atoms with van der Waals surface area (Å²) < 4.78 is 0. The van der Waals surface area contributed by atoms with Crippen molar-refractivity contribution >= 4 is 22.3 Å². The number of hydrogen-bond donors (Lipinski definition) is 3. The molecule has 4 heteroatoms. The Labute approximate surface area is 107 Å². The Hall–Kier alpha value is -1.81. The molecule has 96 valence electrons. The third kappa shape index (κ3) is 2.90. The van der Waals surface area contributed by atoms with Gasteiger partial charge in [0.2, 0.25) is 0 Å². The summed E-state index contributed by atoms with van der Waals surface area (Å²) in [5.41, 5.74) is 8.55. The van der Waals surface area contributed by atoms with Crippen molar-refractivity contribution in [1.29, 1.82) is 0 Å². The van der Waals surface area contributed by atoms with Crippen LogP contribution in [0.25, 0.3) is 10.9 Å². The lowest BCUT2D eigenvalue weighted by Crippen LogP contribution is -2.07. The van der Waals surface area contributed by atoms with Gasteiger partial charge in [-0.15, -0.1) is 0 Å². The Kier molecular flexibility index (Phi) is 3.99. The van der Waals surface area contributed by atoms with Crippen LogP contribution in [0.4, 0.5) is 11.4 Å². The number of nitrogen functional groups attached to an aromatic ring is 1. The number of aliphatic hydroxyl groups excluding tert-OH is 1. The monoisotopic (exact) mass is 245 g/mol. The van der Waals surface area contributed by atoms with Crippen LogP contribution in [0.5, 0.6) is 0 Å². The zero-order chi connectivity index (χ0) is 13.0. The second-order valence-electron chi connectivity index (χ2n) is 4.52. The number of pyridine rings is 1. The van der Waals surface area contributed by atoms with Gasteiger partial charge in [-0.3, -0.25) is 4.98 Å². The molecule has 0 spiro atoms. The lowest BCUT2D eigenvalue weighted by Gasteiger charge is -2.11. The maximum absolute atomic E-state index is 9.20. The van der Waals surface area contributed by atoms with Gasteiger partial charge in [0.05, 0.1) is 17.3 Å². The molecule has 1 unspecified atom stereocenters. The summed E-state index contributed by atoms with van der Waals surface area (Å²) in [7, 11) is 0. The van der Waals surface area contributed by atoms with Gasteiger partial charge in [-0.05, 0) is 44.0 Å². The molecule has 4 nitrogen and oxygen atoms in total. The zero-order valence-electron chi connectivity index (χ0n) is 10.6. The molecule has 0 saturated carbocycles. The number of fused-ring (bicyclic) bond motifs is 1. The molecule has 4 N–H and O–H groups in total. The van der Waals surface area contributed by atoms with Gasteiger partial charge in [-0.1, -0.05) is 0 Å². The van der Waals surface area contributed by atoms with Crippen LogP contribution in [0.2, 0.25) is 0 Å². The fraction of sp³-hybridized carbons (Fsp3) is 0.357. The number of rotatable bonds is 5. The van der Waals surface area contributed by atoms with Gasteiger partial charge in [0.25, 0.3) is 0 Å². The van der Waals surface area contributed by atoms with E-state index in [-0.39, 0.29) is 6.10 Å². The second-order valence-corrected chi connectivity index (χ2v) is 4.52. The Bertz CT molecular complexity index is 525. The summed E-state index contributed by atoms with van der Waals surface area (Å²) in [5, 5.41) is 13.5. The first-order valence-corrected chi connectivity index (χ1v) is 6.23. The Balaban J connectivity index is 2.11. The minimum Gasteiger partial charge on any atom is -0.398 e. The molecule has 0 aliphatic heterocycles. The summed E-state index contributed by atoms with van der Waals surface area (Å²) in [6.45, 7) is 2.63. The van der Waals surface area contributed by atoms with Crippen molar-refractivity contribution in [3.63, 3.8) is 0 Å². The fourth-order valence-electron chi connectivity index (χ4n) is 1.96. The number of nitrogens with zero attached hydrogens (tertiary/aromatic N) is 1. The van der Waals surface area contributed by atoms with E-state index < -0.39 is 0 Å². The van der Waals surface area contributed by atoms with E-state index >= 15 is 0 Å². The highest BCUT2D eigenvalue weighted by Crippen LogP contribution is 2.26. The first-order chi connectivity index (χ1) is 8.68. The molecule has 1 aromatic heterocycles. The largest absolute Gasteiger partial charge is 0.398 e. The quantitative estimate of drug-likeness (QED) is 0.558. The molecule has 0 aliphatic rings. The highest BCUT2D eigenvalue weighted by Gasteiger charge is 2.04. The van der Waals surface area contributed by atoms with Crippen LogP contribution in [0, 0.1) is 0 Å². The normalized spacial score (nSPS) is 12.6. The maximum atomic E-state index is 9.20. The number of aliphatic hydroxyl groups is 1. The lowest BCUT2D eigenvalue weighted by molar-refractivity contribution is 0.183. The van der Waals surface area contributed by atoms with E-state index in [1.54, 1.807) is 13.1 Å². The Morgan fingerprint density at radius 2 is 2.22 bits per heavy atom. The van der Waals surface area contributed by atoms with Crippen LogP contribution in [0.3, 0.4) is 0 Å². The second kappa shape index (κ2) is 5.69. The summed E-state index contributed by atoms with van der Waals surface area (Å²) in [6.07, 6.45) is 3.25. The van der Waals surface area contributed by atoms with E-state index in [9.17, 15) is 5.11 Å². The molecule has 1 heterocycles. The van der Waals surface area contributed by atoms with Crippen molar-refractivity contribution in [2.24, 2.45) is 0 Å².